The summed E-state index contributed by atoms with van der Waals surface area (Å²) in [5.41, 5.74) is 0. The molecule has 3 nitrogen and oxygen atoms in total. The molecule has 0 atom stereocenters. The van der Waals surface area contributed by atoms with Gasteiger partial charge in [0, 0.05) is 0 Å². The molecular weight excluding hydrogens is 193 g/mol. The van der Waals surface area contributed by atoms with E-state index in [1.54, 1.807) is 0 Å². The summed E-state index contributed by atoms with van der Waals surface area (Å²) in [6.07, 6.45) is -2.33. The molecule has 0 heterocycles. The van der Waals surface area contributed by atoms with Crippen LogP contribution >= 0.6 is 0 Å². The average Bonchev–Trinajstić information content (AvgIpc) is 0.811. The Morgan fingerprint density at radius 3 is 1.40 bits per heavy atom. The molecule has 0 unspecified atom stereocenters. The van der Waals surface area contributed by atoms with Crippen molar-refractivity contribution in [2.45, 2.75) is 0 Å². The Hall–Kier alpha value is 1.32. The van der Waals surface area contributed by atoms with E-state index in [4.69, 9.17) is 15.0 Å². The standard InChI is InChI=1S/CH2O3.Cs/c2-1(3)4;/h(H2,2,3,4);/q;+1/p-2. The van der Waals surface area contributed by atoms with E-state index >= 15 is 0 Å². The average molecular weight is 193 g/mol. The minimum atomic E-state index is -2.33. The molecule has 4 heteroatoms. The zero-order valence-corrected chi connectivity index (χ0v) is 9.00. The summed E-state index contributed by atoms with van der Waals surface area (Å²) in [7, 11) is 0. The van der Waals surface area contributed by atoms with Gasteiger partial charge in [-0.15, -0.1) is 0 Å². The van der Waals surface area contributed by atoms with Gasteiger partial charge in [0.1, 0.15) is 0 Å². The maximum absolute atomic E-state index is 8.33. The Morgan fingerprint density at radius 2 is 1.40 bits per heavy atom. The first kappa shape index (κ1) is 9.59. The van der Waals surface area contributed by atoms with Gasteiger partial charge in [0.2, 0.25) is 0 Å². The summed E-state index contributed by atoms with van der Waals surface area (Å²) in [4.78, 5) is 8.33. The van der Waals surface area contributed by atoms with E-state index < -0.39 is 6.16 Å². The van der Waals surface area contributed by atoms with Crippen molar-refractivity contribution in [1.29, 1.82) is 0 Å². The smallest absolute Gasteiger partial charge is 0.652 e. The van der Waals surface area contributed by atoms with E-state index in [9.17, 15) is 0 Å². The van der Waals surface area contributed by atoms with Crippen LogP contribution < -0.4 is 79.1 Å². The minimum absolute atomic E-state index is 0. The molecule has 24 valence electrons. The Balaban J connectivity index is 0. The van der Waals surface area contributed by atoms with Crippen LogP contribution in [-0.2, 0) is 0 Å². The predicted molar refractivity (Wildman–Crippen MR) is 5.40 cm³/mol. The first-order valence-corrected chi connectivity index (χ1v) is 0.612. The molecule has 0 N–H and O–H groups in total. The van der Waals surface area contributed by atoms with Gasteiger partial charge in [-0.1, -0.05) is 0 Å². The zero-order valence-electron chi connectivity index (χ0n) is 2.72. The second-order valence-corrected chi connectivity index (χ2v) is 0.250. The van der Waals surface area contributed by atoms with Gasteiger partial charge in [-0.25, -0.2) is 0 Å². The van der Waals surface area contributed by atoms with E-state index in [0.29, 0.717) is 0 Å². The normalized spacial score (nSPS) is 4.80. The summed E-state index contributed by atoms with van der Waals surface area (Å²) in [5.74, 6) is 0. The van der Waals surface area contributed by atoms with Crippen molar-refractivity contribution in [3.05, 3.63) is 0 Å². The van der Waals surface area contributed by atoms with Gasteiger partial charge in [-0.2, -0.15) is 0 Å². The molecule has 0 aliphatic heterocycles. The molecular formula is CCsO3-. The van der Waals surface area contributed by atoms with Crippen LogP contribution in [0.15, 0.2) is 0 Å². The molecule has 0 amide bonds. The molecule has 0 aromatic carbocycles. The van der Waals surface area contributed by atoms with Gasteiger partial charge in [-0.05, 0) is 6.16 Å². The number of hydrogen-bond acceptors (Lipinski definition) is 3. The molecule has 0 aliphatic carbocycles. The minimum Gasteiger partial charge on any atom is -0.652 e. The second-order valence-electron chi connectivity index (χ2n) is 0.250. The quantitative estimate of drug-likeness (QED) is 0.385. The van der Waals surface area contributed by atoms with E-state index in [-0.39, 0.29) is 68.9 Å². The fourth-order valence-corrected chi connectivity index (χ4v) is 0. The van der Waals surface area contributed by atoms with Gasteiger partial charge in [-0.3, -0.25) is 0 Å². The third-order valence-electron chi connectivity index (χ3n) is 0. The fraction of sp³-hybridized carbons (Fsp3) is 0. The Bertz CT molecular complexity index is 29.9. The van der Waals surface area contributed by atoms with Crippen LogP contribution in [-0.4, -0.2) is 6.16 Å². The van der Waals surface area contributed by atoms with Gasteiger partial charge in [0.25, 0.3) is 0 Å². The maximum Gasteiger partial charge on any atom is 1.00 e. The van der Waals surface area contributed by atoms with Crippen molar-refractivity contribution in [3.63, 3.8) is 0 Å². The SMILES string of the molecule is O=C([O-])[O-].[Cs+]. The monoisotopic (exact) mass is 193 g/mol. The first-order chi connectivity index (χ1) is 1.73. The van der Waals surface area contributed by atoms with Gasteiger partial charge < -0.3 is 15.0 Å². The molecule has 0 saturated carbocycles. The van der Waals surface area contributed by atoms with Crippen LogP contribution in [0.25, 0.3) is 0 Å². The first-order valence-electron chi connectivity index (χ1n) is 0.612. The number of carbonyl (C=O) groups excluding carboxylic acids is 1. The number of rotatable bonds is 0. The summed E-state index contributed by atoms with van der Waals surface area (Å²) in [6.45, 7) is 0. The fourth-order valence-electron chi connectivity index (χ4n) is 0. The molecule has 0 bridgehead atoms. The van der Waals surface area contributed by atoms with E-state index in [1.165, 1.54) is 0 Å². The largest absolute Gasteiger partial charge is 1.00 e. The van der Waals surface area contributed by atoms with Gasteiger partial charge >= 0.3 is 68.9 Å². The molecule has 5 heavy (non-hydrogen) atoms. The van der Waals surface area contributed by atoms with Crippen molar-refractivity contribution in [3.8, 4) is 0 Å². The van der Waals surface area contributed by atoms with Crippen LogP contribution in [0, 0.1) is 0 Å². The number of carbonyl (C=O) groups is 1. The van der Waals surface area contributed by atoms with E-state index in [2.05, 4.69) is 0 Å². The van der Waals surface area contributed by atoms with Gasteiger partial charge in [0.05, 0.1) is 0 Å². The van der Waals surface area contributed by atoms with E-state index in [0.717, 1.165) is 0 Å². The Morgan fingerprint density at radius 1 is 1.40 bits per heavy atom. The van der Waals surface area contributed by atoms with Crippen LogP contribution in [0.3, 0.4) is 0 Å². The second kappa shape index (κ2) is 5.32. The molecule has 0 aromatic rings. The third kappa shape index (κ3) is 33.6. The summed E-state index contributed by atoms with van der Waals surface area (Å²) < 4.78 is 0. The number of carboxylic acid groups (broad SMARTS) is 2. The summed E-state index contributed by atoms with van der Waals surface area (Å²) in [5, 5.41) is 16.7. The van der Waals surface area contributed by atoms with Crippen LogP contribution in [0.4, 0.5) is 4.79 Å². The topological polar surface area (TPSA) is 63.2 Å². The van der Waals surface area contributed by atoms with Crippen molar-refractivity contribution < 1.29 is 83.9 Å². The van der Waals surface area contributed by atoms with Crippen molar-refractivity contribution in [2.24, 2.45) is 0 Å². The Labute approximate surface area is 87.8 Å². The van der Waals surface area contributed by atoms with Crippen molar-refractivity contribution in [1.82, 2.24) is 0 Å². The molecule has 0 fully saturated rings. The molecule has 0 rings (SSSR count). The predicted octanol–water partition coefficient (Wildman–Crippen LogP) is -5.44. The van der Waals surface area contributed by atoms with Gasteiger partial charge in [0.15, 0.2) is 0 Å². The van der Waals surface area contributed by atoms with Crippen LogP contribution in [0.2, 0.25) is 0 Å². The van der Waals surface area contributed by atoms with Crippen LogP contribution in [0.5, 0.6) is 0 Å². The molecule has 0 saturated heterocycles. The zero-order chi connectivity index (χ0) is 3.58. The molecule has 0 aliphatic rings. The van der Waals surface area contributed by atoms with E-state index in [1.807, 2.05) is 0 Å². The molecule has 0 radical (unpaired) electrons. The summed E-state index contributed by atoms with van der Waals surface area (Å²) in [6, 6.07) is 0. The maximum atomic E-state index is 8.33. The van der Waals surface area contributed by atoms with Crippen LogP contribution in [0.1, 0.15) is 0 Å². The summed E-state index contributed by atoms with van der Waals surface area (Å²) >= 11 is 0. The van der Waals surface area contributed by atoms with Crippen molar-refractivity contribution >= 4 is 6.16 Å². The third-order valence-corrected chi connectivity index (χ3v) is 0. The Kier molecular flexibility index (Phi) is 10.2. The molecule has 0 aromatic heterocycles. The molecule has 0 spiro atoms. The number of hydrogen-bond donors (Lipinski definition) is 0. The van der Waals surface area contributed by atoms with Crippen molar-refractivity contribution in [2.75, 3.05) is 0 Å².